The van der Waals surface area contributed by atoms with Crippen molar-refractivity contribution < 1.29 is 4.39 Å². The van der Waals surface area contributed by atoms with Crippen molar-refractivity contribution in [2.45, 2.75) is 26.8 Å². The molecule has 2 rings (SSSR count). The van der Waals surface area contributed by atoms with Gasteiger partial charge in [0, 0.05) is 10.6 Å². The molecule has 0 fully saturated rings. The Morgan fingerprint density at radius 3 is 2.25 bits per heavy atom. The number of hydrogen-bond acceptors (Lipinski definition) is 1. The molecule has 2 aromatic rings. The molecule has 1 N–H and O–H groups in total. The highest BCUT2D eigenvalue weighted by atomic mass is 35.5. The van der Waals surface area contributed by atoms with E-state index in [1.807, 2.05) is 7.05 Å². The van der Waals surface area contributed by atoms with E-state index in [-0.39, 0.29) is 11.9 Å². The first kappa shape index (κ1) is 15.0. The van der Waals surface area contributed by atoms with E-state index in [1.54, 1.807) is 12.1 Å². The number of hydrogen-bond donors (Lipinski definition) is 1. The van der Waals surface area contributed by atoms with Gasteiger partial charge < -0.3 is 5.32 Å². The van der Waals surface area contributed by atoms with Crippen molar-refractivity contribution >= 4 is 11.6 Å². The summed E-state index contributed by atoms with van der Waals surface area (Å²) in [6.07, 6.45) is 0. The van der Waals surface area contributed by atoms with Gasteiger partial charge >= 0.3 is 0 Å². The first-order valence-corrected chi connectivity index (χ1v) is 7.01. The molecule has 0 amide bonds. The predicted octanol–water partition coefficient (Wildman–Crippen LogP) is 4.71. The maximum absolute atomic E-state index is 14.1. The van der Waals surface area contributed by atoms with E-state index >= 15 is 0 Å². The van der Waals surface area contributed by atoms with Crippen LogP contribution in [0.15, 0.2) is 30.3 Å². The van der Waals surface area contributed by atoms with Crippen LogP contribution in [0.2, 0.25) is 5.02 Å². The van der Waals surface area contributed by atoms with E-state index in [0.717, 1.165) is 11.1 Å². The lowest BCUT2D eigenvalue weighted by atomic mass is 9.91. The van der Waals surface area contributed by atoms with Crippen molar-refractivity contribution in [1.29, 1.82) is 0 Å². The molecule has 0 spiro atoms. The average molecular weight is 292 g/mol. The normalized spacial score (nSPS) is 12.5. The molecule has 0 bridgehead atoms. The van der Waals surface area contributed by atoms with Crippen molar-refractivity contribution in [2.24, 2.45) is 0 Å². The monoisotopic (exact) mass is 291 g/mol. The minimum Gasteiger partial charge on any atom is -0.309 e. The van der Waals surface area contributed by atoms with E-state index in [9.17, 15) is 4.39 Å². The van der Waals surface area contributed by atoms with Gasteiger partial charge in [-0.2, -0.15) is 0 Å². The number of benzene rings is 2. The van der Waals surface area contributed by atoms with E-state index in [0.29, 0.717) is 10.6 Å². The van der Waals surface area contributed by atoms with Gasteiger partial charge in [-0.3, -0.25) is 0 Å². The van der Waals surface area contributed by atoms with Crippen LogP contribution >= 0.6 is 11.6 Å². The van der Waals surface area contributed by atoms with Crippen LogP contribution in [0.4, 0.5) is 4.39 Å². The van der Waals surface area contributed by atoms with Crippen molar-refractivity contribution in [1.82, 2.24) is 5.32 Å². The van der Waals surface area contributed by atoms with Crippen LogP contribution in [0.1, 0.15) is 33.9 Å². The van der Waals surface area contributed by atoms with E-state index in [2.05, 4.69) is 38.2 Å². The van der Waals surface area contributed by atoms with Gasteiger partial charge in [0.05, 0.1) is 6.04 Å². The molecule has 2 aromatic carbocycles. The van der Waals surface area contributed by atoms with Gasteiger partial charge in [-0.1, -0.05) is 23.7 Å². The summed E-state index contributed by atoms with van der Waals surface area (Å²) in [6, 6.07) is 8.72. The summed E-state index contributed by atoms with van der Waals surface area (Å²) in [4.78, 5) is 0. The van der Waals surface area contributed by atoms with Crippen LogP contribution in [0.5, 0.6) is 0 Å². The number of rotatable bonds is 3. The van der Waals surface area contributed by atoms with Crippen LogP contribution in [0.3, 0.4) is 0 Å². The molecule has 1 nitrogen and oxygen atoms in total. The van der Waals surface area contributed by atoms with Crippen LogP contribution in [-0.2, 0) is 0 Å². The fourth-order valence-corrected chi connectivity index (χ4v) is 2.69. The summed E-state index contributed by atoms with van der Waals surface area (Å²) >= 11 is 6.01. The lowest BCUT2D eigenvalue weighted by Crippen LogP contribution is -2.20. The smallest absolute Gasteiger partial charge is 0.128 e. The molecule has 20 heavy (non-hydrogen) atoms. The maximum Gasteiger partial charge on any atom is 0.128 e. The minimum absolute atomic E-state index is 0.201. The standard InChI is InChI=1S/C17H19ClFN/c1-10-7-12(3)14(8-11(10)2)17(20-4)15-9-13(18)5-6-16(15)19/h5-9,17,20H,1-4H3. The highest BCUT2D eigenvalue weighted by Gasteiger charge is 2.19. The molecule has 0 saturated heterocycles. The lowest BCUT2D eigenvalue weighted by Gasteiger charge is -2.21. The first-order chi connectivity index (χ1) is 9.43. The topological polar surface area (TPSA) is 12.0 Å². The largest absolute Gasteiger partial charge is 0.309 e. The number of halogens is 2. The molecule has 0 radical (unpaired) electrons. The Kier molecular flexibility index (Phi) is 4.46. The van der Waals surface area contributed by atoms with Gasteiger partial charge in [0.1, 0.15) is 5.82 Å². The molecular formula is C17H19ClFN. The average Bonchev–Trinajstić information content (AvgIpc) is 2.40. The van der Waals surface area contributed by atoms with Gasteiger partial charge in [-0.05, 0) is 68.3 Å². The highest BCUT2D eigenvalue weighted by Crippen LogP contribution is 2.30. The molecule has 0 aromatic heterocycles. The Bertz CT molecular complexity index is 637. The van der Waals surface area contributed by atoms with E-state index in [4.69, 9.17) is 11.6 Å². The zero-order valence-electron chi connectivity index (χ0n) is 12.2. The molecule has 0 aliphatic heterocycles. The highest BCUT2D eigenvalue weighted by molar-refractivity contribution is 6.30. The Labute approximate surface area is 124 Å². The van der Waals surface area contributed by atoms with Gasteiger partial charge in [0.2, 0.25) is 0 Å². The van der Waals surface area contributed by atoms with Crippen molar-refractivity contribution in [3.8, 4) is 0 Å². The summed E-state index contributed by atoms with van der Waals surface area (Å²) in [5.74, 6) is -0.244. The molecule has 0 saturated carbocycles. The molecule has 0 aliphatic carbocycles. The summed E-state index contributed by atoms with van der Waals surface area (Å²) in [6.45, 7) is 6.20. The molecule has 1 atom stereocenters. The third-order valence-corrected chi connectivity index (χ3v) is 3.99. The molecular weight excluding hydrogens is 273 g/mol. The van der Waals surface area contributed by atoms with Crippen LogP contribution < -0.4 is 5.32 Å². The van der Waals surface area contributed by atoms with Crippen molar-refractivity contribution in [2.75, 3.05) is 7.05 Å². The molecule has 0 heterocycles. The summed E-state index contributed by atoms with van der Waals surface area (Å²) in [7, 11) is 1.83. The Balaban J connectivity index is 2.58. The van der Waals surface area contributed by atoms with Crippen LogP contribution in [-0.4, -0.2) is 7.05 Å². The van der Waals surface area contributed by atoms with Crippen molar-refractivity contribution in [3.63, 3.8) is 0 Å². The number of nitrogens with one attached hydrogen (secondary N) is 1. The molecule has 106 valence electrons. The minimum atomic E-state index is -0.244. The second-order valence-corrected chi connectivity index (χ2v) is 5.62. The zero-order chi connectivity index (χ0) is 14.9. The van der Waals surface area contributed by atoms with Gasteiger partial charge in [0.25, 0.3) is 0 Å². The lowest BCUT2D eigenvalue weighted by molar-refractivity contribution is 0.575. The zero-order valence-corrected chi connectivity index (χ0v) is 13.0. The summed E-state index contributed by atoms with van der Waals surface area (Å²) in [5.41, 5.74) is 5.25. The summed E-state index contributed by atoms with van der Waals surface area (Å²) in [5, 5.41) is 3.74. The SMILES string of the molecule is CNC(c1cc(C)c(C)cc1C)c1cc(Cl)ccc1F. The Morgan fingerprint density at radius 2 is 1.60 bits per heavy atom. The second kappa shape index (κ2) is 5.94. The second-order valence-electron chi connectivity index (χ2n) is 5.18. The Morgan fingerprint density at radius 1 is 0.950 bits per heavy atom. The van der Waals surface area contributed by atoms with Gasteiger partial charge in [-0.25, -0.2) is 4.39 Å². The molecule has 1 unspecified atom stereocenters. The first-order valence-electron chi connectivity index (χ1n) is 6.64. The van der Waals surface area contributed by atoms with E-state index in [1.165, 1.54) is 17.2 Å². The third kappa shape index (κ3) is 2.87. The fraction of sp³-hybridized carbons (Fsp3) is 0.294. The molecule has 0 aliphatic rings. The van der Waals surface area contributed by atoms with Crippen LogP contribution in [0, 0.1) is 26.6 Å². The maximum atomic E-state index is 14.1. The Hall–Kier alpha value is -1.38. The number of aryl methyl sites for hydroxylation is 3. The van der Waals surface area contributed by atoms with Crippen LogP contribution in [0.25, 0.3) is 0 Å². The van der Waals surface area contributed by atoms with Gasteiger partial charge in [-0.15, -0.1) is 0 Å². The fourth-order valence-electron chi connectivity index (χ4n) is 2.51. The van der Waals surface area contributed by atoms with Gasteiger partial charge in [0.15, 0.2) is 0 Å². The third-order valence-electron chi connectivity index (χ3n) is 3.75. The van der Waals surface area contributed by atoms with E-state index < -0.39 is 0 Å². The van der Waals surface area contributed by atoms with Crippen molar-refractivity contribution in [3.05, 3.63) is 69.0 Å². The quantitative estimate of drug-likeness (QED) is 0.863. The summed E-state index contributed by atoms with van der Waals surface area (Å²) < 4.78 is 14.1. The molecule has 3 heteroatoms. The predicted molar refractivity (Wildman–Crippen MR) is 83.0 cm³/mol.